The predicted octanol–water partition coefficient (Wildman–Crippen LogP) is 7.70. The molecule has 3 amide bonds. The van der Waals surface area contributed by atoms with Gasteiger partial charge in [0.1, 0.15) is 0 Å². The van der Waals surface area contributed by atoms with E-state index in [1.165, 1.54) is 38.5 Å². The van der Waals surface area contributed by atoms with Crippen LogP contribution in [0.15, 0.2) is 48.2 Å². The van der Waals surface area contributed by atoms with Crippen LogP contribution in [0.1, 0.15) is 109 Å². The first-order chi connectivity index (χ1) is 22.1. The molecule has 1 aromatic rings. The van der Waals surface area contributed by atoms with Gasteiger partial charge in [-0.15, -0.1) is 0 Å². The number of pyridine rings is 1. The summed E-state index contributed by atoms with van der Waals surface area (Å²) in [5.41, 5.74) is 0.924. The van der Waals surface area contributed by atoms with Gasteiger partial charge in [-0.1, -0.05) is 102 Å². The molecule has 1 N–H and O–H groups in total. The molecular formula is C38H59ClN4O3. The Morgan fingerprint density at radius 1 is 1.00 bits per heavy atom. The van der Waals surface area contributed by atoms with Crippen molar-refractivity contribution in [1.29, 1.82) is 0 Å². The molecule has 46 heavy (non-hydrogen) atoms. The maximum Gasteiger partial charge on any atom is 0.241 e. The number of halogens is 1. The van der Waals surface area contributed by atoms with Crippen molar-refractivity contribution >= 4 is 29.3 Å². The zero-order valence-corrected chi connectivity index (χ0v) is 29.5. The van der Waals surface area contributed by atoms with Crippen LogP contribution >= 0.6 is 11.6 Å². The van der Waals surface area contributed by atoms with Crippen molar-refractivity contribution in [1.82, 2.24) is 20.1 Å². The fourth-order valence-electron chi connectivity index (χ4n) is 6.82. The largest absolute Gasteiger partial charge is 0.350 e. The number of amides is 3. The molecule has 7 nitrogen and oxygen atoms in total. The number of nitrogens with one attached hydrogen (secondary N) is 1. The van der Waals surface area contributed by atoms with Crippen molar-refractivity contribution < 1.29 is 14.4 Å². The number of aromatic nitrogens is 1. The number of carbonyl (C=O) groups excluding carboxylic acids is 3. The lowest BCUT2D eigenvalue weighted by atomic mass is 9.84. The van der Waals surface area contributed by atoms with Gasteiger partial charge in [0.15, 0.2) is 0 Å². The van der Waals surface area contributed by atoms with E-state index < -0.39 is 5.92 Å². The fraction of sp³-hybridized carbons (Fsp3) is 0.684. The SMILES string of the molecule is C=C(Cl)C[C@H](CC(=O)N(CC(=O)N(C)CCc1ccccn1)CC1CCCCC1)C(=O)N[C@H](/C=C\CC(C)C)CC1CCCCC1. The van der Waals surface area contributed by atoms with E-state index in [0.717, 1.165) is 44.2 Å². The molecule has 0 aliphatic heterocycles. The number of likely N-dealkylation sites (N-methyl/N-ethyl adjacent to an activating group) is 1. The molecule has 0 radical (unpaired) electrons. The van der Waals surface area contributed by atoms with E-state index in [9.17, 15) is 14.4 Å². The van der Waals surface area contributed by atoms with Gasteiger partial charge in [-0.05, 0) is 62.0 Å². The fourth-order valence-corrected chi connectivity index (χ4v) is 7.01. The minimum atomic E-state index is -0.643. The lowest BCUT2D eigenvalue weighted by molar-refractivity contribution is -0.142. The summed E-state index contributed by atoms with van der Waals surface area (Å²) < 4.78 is 0. The monoisotopic (exact) mass is 654 g/mol. The summed E-state index contributed by atoms with van der Waals surface area (Å²) in [6, 6.07) is 5.69. The predicted molar refractivity (Wildman–Crippen MR) is 188 cm³/mol. The molecule has 2 fully saturated rings. The van der Waals surface area contributed by atoms with Gasteiger partial charge in [0.05, 0.1) is 12.5 Å². The highest BCUT2D eigenvalue weighted by Gasteiger charge is 2.30. The molecule has 0 bridgehead atoms. The van der Waals surface area contributed by atoms with E-state index in [1.54, 1.807) is 23.0 Å². The molecule has 0 aromatic carbocycles. The van der Waals surface area contributed by atoms with Crippen LogP contribution in [-0.2, 0) is 20.8 Å². The molecule has 1 heterocycles. The van der Waals surface area contributed by atoms with Gasteiger partial charge in [0.25, 0.3) is 0 Å². The van der Waals surface area contributed by atoms with Crippen LogP contribution in [0.25, 0.3) is 0 Å². The normalized spacial score (nSPS) is 17.5. The average molecular weight is 655 g/mol. The van der Waals surface area contributed by atoms with Gasteiger partial charge >= 0.3 is 0 Å². The minimum Gasteiger partial charge on any atom is -0.350 e. The minimum absolute atomic E-state index is 0.00107. The Bertz CT molecular complexity index is 1110. The molecule has 2 aliphatic carbocycles. The van der Waals surface area contributed by atoms with Crippen molar-refractivity contribution in [3.8, 4) is 0 Å². The van der Waals surface area contributed by atoms with Crippen molar-refractivity contribution in [3.63, 3.8) is 0 Å². The second-order valence-corrected chi connectivity index (χ2v) is 14.7. The molecule has 2 aliphatic rings. The number of rotatable bonds is 18. The van der Waals surface area contributed by atoms with Crippen LogP contribution < -0.4 is 5.32 Å². The summed E-state index contributed by atoms with van der Waals surface area (Å²) in [4.78, 5) is 48.9. The number of carbonyl (C=O) groups is 3. The van der Waals surface area contributed by atoms with Crippen LogP contribution in [0.5, 0.6) is 0 Å². The Labute approximate surface area is 283 Å². The van der Waals surface area contributed by atoms with E-state index in [1.807, 2.05) is 18.2 Å². The van der Waals surface area contributed by atoms with Crippen molar-refractivity contribution in [2.75, 3.05) is 26.7 Å². The Morgan fingerprint density at radius 2 is 1.67 bits per heavy atom. The van der Waals surface area contributed by atoms with Crippen LogP contribution in [0.4, 0.5) is 0 Å². The molecule has 0 saturated heterocycles. The van der Waals surface area contributed by atoms with Gasteiger partial charge < -0.3 is 15.1 Å². The summed E-state index contributed by atoms with van der Waals surface area (Å²) in [6.45, 7) is 9.31. The molecule has 1 aromatic heterocycles. The van der Waals surface area contributed by atoms with Gasteiger partial charge in [0.2, 0.25) is 17.7 Å². The zero-order chi connectivity index (χ0) is 33.3. The van der Waals surface area contributed by atoms with E-state index in [4.69, 9.17) is 11.6 Å². The second-order valence-electron chi connectivity index (χ2n) is 14.2. The smallest absolute Gasteiger partial charge is 0.241 e. The van der Waals surface area contributed by atoms with Crippen LogP contribution in [0, 0.1) is 23.7 Å². The first-order valence-electron chi connectivity index (χ1n) is 17.8. The molecular weight excluding hydrogens is 596 g/mol. The molecule has 256 valence electrons. The third-order valence-corrected chi connectivity index (χ3v) is 9.77. The van der Waals surface area contributed by atoms with Crippen LogP contribution in [-0.4, -0.2) is 65.2 Å². The average Bonchev–Trinajstić information content (AvgIpc) is 3.04. The number of nitrogens with zero attached hydrogens (tertiary/aromatic N) is 3. The lowest BCUT2D eigenvalue weighted by Crippen LogP contribution is -2.46. The maximum atomic E-state index is 14.0. The summed E-state index contributed by atoms with van der Waals surface area (Å²) >= 11 is 6.28. The highest BCUT2D eigenvalue weighted by molar-refractivity contribution is 6.29. The van der Waals surface area contributed by atoms with E-state index in [2.05, 4.69) is 42.9 Å². The van der Waals surface area contributed by atoms with Crippen molar-refractivity contribution in [3.05, 3.63) is 53.9 Å². The van der Waals surface area contributed by atoms with Gasteiger partial charge in [-0.25, -0.2) is 0 Å². The summed E-state index contributed by atoms with van der Waals surface area (Å²) in [5.74, 6) is 0.416. The van der Waals surface area contributed by atoms with Crippen LogP contribution in [0.2, 0.25) is 0 Å². The summed E-state index contributed by atoms with van der Waals surface area (Å²) in [6.07, 6.45) is 20.6. The highest BCUT2D eigenvalue weighted by atomic mass is 35.5. The number of allylic oxidation sites excluding steroid dienone is 2. The van der Waals surface area contributed by atoms with Gasteiger partial charge in [0, 0.05) is 55.9 Å². The van der Waals surface area contributed by atoms with Gasteiger partial charge in [-0.3, -0.25) is 19.4 Å². The third-order valence-electron chi connectivity index (χ3n) is 9.61. The van der Waals surface area contributed by atoms with Crippen molar-refractivity contribution in [2.45, 2.75) is 116 Å². The first kappa shape index (κ1) is 37.8. The summed E-state index contributed by atoms with van der Waals surface area (Å²) in [7, 11) is 1.78. The molecule has 0 spiro atoms. The molecule has 8 heteroatoms. The van der Waals surface area contributed by atoms with Gasteiger partial charge in [-0.2, -0.15) is 0 Å². The Balaban J connectivity index is 1.70. The van der Waals surface area contributed by atoms with E-state index >= 15 is 0 Å². The van der Waals surface area contributed by atoms with Crippen molar-refractivity contribution in [2.24, 2.45) is 23.7 Å². The Morgan fingerprint density at radius 3 is 2.28 bits per heavy atom. The molecule has 0 unspecified atom stereocenters. The van der Waals surface area contributed by atoms with E-state index in [0.29, 0.717) is 42.3 Å². The molecule has 2 saturated carbocycles. The Hall–Kier alpha value is -2.67. The topological polar surface area (TPSA) is 82.6 Å². The quantitative estimate of drug-likeness (QED) is 0.165. The third kappa shape index (κ3) is 14.4. The second kappa shape index (κ2) is 20.5. The highest BCUT2D eigenvalue weighted by Crippen LogP contribution is 2.29. The lowest BCUT2D eigenvalue weighted by Gasteiger charge is -2.32. The maximum absolute atomic E-state index is 14.0. The standard InChI is InChI=1S/C38H59ClN4O3/c1-29(2)14-13-20-35(25-31-15-7-5-8-16-31)41-38(46)33(24-30(3)39)26-36(44)43(27-32-17-9-6-10-18-32)28-37(45)42(4)23-21-34-19-11-12-22-40-34/h11-13,19-20,22,29,31-33,35H,3,5-10,14-18,21,23-28H2,1-2,4H3,(H,41,46)/b20-13-/t33-,35-/m1/s1. The Kier molecular flexibility index (Phi) is 16.9. The molecule has 3 rings (SSSR count). The van der Waals surface area contributed by atoms with Crippen LogP contribution in [0.3, 0.4) is 0 Å². The molecule has 2 atom stereocenters. The first-order valence-corrected chi connectivity index (χ1v) is 18.2. The van der Waals surface area contributed by atoms with E-state index in [-0.39, 0.29) is 43.1 Å². The number of hydrogen-bond donors (Lipinski definition) is 1. The number of hydrogen-bond acceptors (Lipinski definition) is 4. The summed E-state index contributed by atoms with van der Waals surface area (Å²) in [5, 5.41) is 3.64. The zero-order valence-electron chi connectivity index (χ0n) is 28.7.